The van der Waals surface area contributed by atoms with E-state index in [9.17, 15) is 14.9 Å². The van der Waals surface area contributed by atoms with Crippen LogP contribution in [0.4, 0.5) is 5.69 Å². The van der Waals surface area contributed by atoms with Crippen LogP contribution < -0.4 is 11.3 Å². The molecule has 0 bridgehead atoms. The summed E-state index contributed by atoms with van der Waals surface area (Å²) in [4.78, 5) is 21.6. The van der Waals surface area contributed by atoms with Crippen molar-refractivity contribution in [3.05, 3.63) is 39.5 Å². The second-order valence-electron chi connectivity index (χ2n) is 3.63. The molecule has 0 aliphatic carbocycles. The summed E-state index contributed by atoms with van der Waals surface area (Å²) in [6.45, 7) is -0.110. The topological polar surface area (TPSA) is 103 Å². The molecule has 1 aromatic heterocycles. The maximum absolute atomic E-state index is 11.2. The first kappa shape index (κ1) is 12.3. The van der Waals surface area contributed by atoms with Crippen molar-refractivity contribution in [2.75, 3.05) is 0 Å². The fraction of sp³-hybridized carbons (Fsp3) is 0.100. The number of halogens is 1. The lowest BCUT2D eigenvalue weighted by Gasteiger charge is -2.03. The second kappa shape index (κ2) is 4.63. The maximum atomic E-state index is 11.2. The van der Waals surface area contributed by atoms with Crippen LogP contribution in [0.5, 0.6) is 0 Å². The van der Waals surface area contributed by atoms with Gasteiger partial charge in [-0.1, -0.05) is 11.6 Å². The molecule has 94 valence electrons. The predicted molar refractivity (Wildman–Crippen MR) is 65.9 cm³/mol. The third-order valence-electron chi connectivity index (χ3n) is 2.49. The minimum atomic E-state index is -0.507. The summed E-state index contributed by atoms with van der Waals surface area (Å²) in [6, 6.07) is 4.67. The Balaban J connectivity index is 2.61. The summed E-state index contributed by atoms with van der Waals surface area (Å²) in [6.07, 6.45) is 1.29. The van der Waals surface area contributed by atoms with Crippen LogP contribution in [0.15, 0.2) is 24.4 Å². The average Bonchev–Trinajstić information content (AvgIpc) is 2.67. The molecule has 0 fully saturated rings. The number of hydrazine groups is 1. The number of hydrogen-bond donors (Lipinski definition) is 2. The Labute approximate surface area is 106 Å². The van der Waals surface area contributed by atoms with Gasteiger partial charge in [0.25, 0.3) is 11.6 Å². The van der Waals surface area contributed by atoms with Crippen LogP contribution in [0.25, 0.3) is 10.9 Å². The minimum Gasteiger partial charge on any atom is -0.332 e. The van der Waals surface area contributed by atoms with Gasteiger partial charge in [0, 0.05) is 5.02 Å². The Morgan fingerprint density at radius 1 is 1.56 bits per heavy atom. The van der Waals surface area contributed by atoms with E-state index in [1.54, 1.807) is 18.2 Å². The highest BCUT2D eigenvalue weighted by Crippen LogP contribution is 2.29. The molecule has 0 atom stereocenters. The van der Waals surface area contributed by atoms with Gasteiger partial charge in [-0.15, -0.1) is 0 Å². The first-order valence-electron chi connectivity index (χ1n) is 4.95. The van der Waals surface area contributed by atoms with Crippen LogP contribution in [-0.4, -0.2) is 15.4 Å². The Morgan fingerprint density at radius 3 is 2.89 bits per heavy atom. The summed E-state index contributed by atoms with van der Waals surface area (Å²) in [5.74, 6) is 4.53. The summed E-state index contributed by atoms with van der Waals surface area (Å²) in [7, 11) is 0. The molecule has 18 heavy (non-hydrogen) atoms. The van der Waals surface area contributed by atoms with Gasteiger partial charge in [-0.2, -0.15) is 0 Å². The minimum absolute atomic E-state index is 0.0773. The molecule has 2 rings (SSSR count). The molecule has 0 aliphatic heterocycles. The number of nitro groups is 1. The summed E-state index contributed by atoms with van der Waals surface area (Å²) in [5, 5.41) is 11.8. The quantitative estimate of drug-likeness (QED) is 0.378. The molecular formula is C10H9ClN4O3. The second-order valence-corrected chi connectivity index (χ2v) is 4.06. The van der Waals surface area contributed by atoms with Gasteiger partial charge < -0.3 is 4.57 Å². The molecule has 1 aromatic carbocycles. The van der Waals surface area contributed by atoms with Gasteiger partial charge in [0.05, 0.1) is 22.0 Å². The molecule has 8 heteroatoms. The Bertz CT molecular complexity index is 637. The van der Waals surface area contributed by atoms with Crippen LogP contribution in [0.3, 0.4) is 0 Å². The van der Waals surface area contributed by atoms with Crippen LogP contribution in [0.2, 0.25) is 5.02 Å². The van der Waals surface area contributed by atoms with E-state index in [0.29, 0.717) is 15.9 Å². The molecule has 0 spiro atoms. The van der Waals surface area contributed by atoms with E-state index in [2.05, 4.69) is 0 Å². The van der Waals surface area contributed by atoms with Crippen molar-refractivity contribution < 1.29 is 9.72 Å². The number of nitrogens with zero attached hydrogens (tertiary/aromatic N) is 2. The third kappa shape index (κ3) is 2.13. The zero-order chi connectivity index (χ0) is 13.3. The highest BCUT2D eigenvalue weighted by molar-refractivity contribution is 6.31. The van der Waals surface area contributed by atoms with Crippen molar-refractivity contribution in [2.45, 2.75) is 6.54 Å². The van der Waals surface area contributed by atoms with Crippen LogP contribution in [-0.2, 0) is 11.3 Å². The van der Waals surface area contributed by atoms with E-state index in [1.165, 1.54) is 10.8 Å². The lowest BCUT2D eigenvalue weighted by molar-refractivity contribution is -0.383. The van der Waals surface area contributed by atoms with E-state index in [-0.39, 0.29) is 12.2 Å². The van der Waals surface area contributed by atoms with Gasteiger partial charge in [0.2, 0.25) is 0 Å². The number of rotatable bonds is 3. The lowest BCUT2D eigenvalue weighted by atomic mass is 10.2. The van der Waals surface area contributed by atoms with Crippen molar-refractivity contribution in [3.8, 4) is 0 Å². The number of nitrogens with two attached hydrogens (primary N) is 1. The smallest absolute Gasteiger partial charge is 0.294 e. The molecule has 1 amide bonds. The lowest BCUT2D eigenvalue weighted by Crippen LogP contribution is -2.33. The van der Waals surface area contributed by atoms with E-state index >= 15 is 0 Å². The fourth-order valence-electron chi connectivity index (χ4n) is 1.72. The van der Waals surface area contributed by atoms with Gasteiger partial charge in [-0.25, -0.2) is 5.84 Å². The van der Waals surface area contributed by atoms with Crippen LogP contribution >= 0.6 is 11.6 Å². The molecule has 0 unspecified atom stereocenters. The standard InChI is InChI=1S/C10H9ClN4O3/c11-6-1-2-7-8(3-6)14(5-10(16)13-12)4-9(7)15(17)18/h1-4H,5,12H2,(H,13,16). The number of hydrogen-bond acceptors (Lipinski definition) is 4. The number of nitrogens with one attached hydrogen (secondary N) is 1. The van der Waals surface area contributed by atoms with E-state index < -0.39 is 10.8 Å². The van der Waals surface area contributed by atoms with Gasteiger partial charge in [0.15, 0.2) is 0 Å². The van der Waals surface area contributed by atoms with Crippen molar-refractivity contribution in [1.82, 2.24) is 9.99 Å². The Hall–Kier alpha value is -2.12. The fourth-order valence-corrected chi connectivity index (χ4v) is 1.89. The molecule has 1 heterocycles. The van der Waals surface area contributed by atoms with Gasteiger partial charge in [0.1, 0.15) is 6.54 Å². The Morgan fingerprint density at radius 2 is 2.28 bits per heavy atom. The van der Waals surface area contributed by atoms with E-state index in [4.69, 9.17) is 17.4 Å². The molecule has 0 radical (unpaired) electrons. The third-order valence-corrected chi connectivity index (χ3v) is 2.73. The van der Waals surface area contributed by atoms with Crippen molar-refractivity contribution >= 4 is 34.1 Å². The molecule has 7 nitrogen and oxygen atoms in total. The molecule has 2 aromatic rings. The SMILES string of the molecule is NNC(=O)Cn1cc([N+](=O)[O-])c2ccc(Cl)cc21. The molecule has 0 saturated heterocycles. The Kier molecular flexibility index (Phi) is 3.17. The first-order valence-corrected chi connectivity index (χ1v) is 5.33. The van der Waals surface area contributed by atoms with E-state index in [1.807, 2.05) is 5.43 Å². The zero-order valence-corrected chi connectivity index (χ0v) is 9.85. The van der Waals surface area contributed by atoms with Gasteiger partial charge >= 0.3 is 0 Å². The van der Waals surface area contributed by atoms with Gasteiger partial charge in [-0.3, -0.25) is 20.3 Å². The number of carbonyl (C=O) groups is 1. The van der Waals surface area contributed by atoms with Crippen LogP contribution in [0.1, 0.15) is 0 Å². The molecule has 3 N–H and O–H groups in total. The molecular weight excluding hydrogens is 260 g/mol. The number of fused-ring (bicyclic) bond motifs is 1. The predicted octanol–water partition coefficient (Wildman–Crippen LogP) is 1.19. The number of aromatic nitrogens is 1. The zero-order valence-electron chi connectivity index (χ0n) is 9.09. The monoisotopic (exact) mass is 268 g/mol. The summed E-state index contributed by atoms with van der Waals surface area (Å²) >= 11 is 5.84. The first-order chi connectivity index (χ1) is 8.52. The maximum Gasteiger partial charge on any atom is 0.294 e. The van der Waals surface area contributed by atoms with Crippen LogP contribution in [0, 0.1) is 10.1 Å². The largest absolute Gasteiger partial charge is 0.332 e. The average molecular weight is 269 g/mol. The molecule has 0 saturated carbocycles. The van der Waals surface area contributed by atoms with E-state index in [0.717, 1.165) is 0 Å². The van der Waals surface area contributed by atoms with Crippen molar-refractivity contribution in [1.29, 1.82) is 0 Å². The highest BCUT2D eigenvalue weighted by atomic mass is 35.5. The number of carbonyl (C=O) groups excluding carboxylic acids is 1. The highest BCUT2D eigenvalue weighted by Gasteiger charge is 2.18. The van der Waals surface area contributed by atoms with Gasteiger partial charge in [-0.05, 0) is 18.2 Å². The van der Waals surface area contributed by atoms with Crippen molar-refractivity contribution in [3.63, 3.8) is 0 Å². The van der Waals surface area contributed by atoms with Crippen molar-refractivity contribution in [2.24, 2.45) is 5.84 Å². The molecule has 0 aliphatic rings. The number of amides is 1. The normalized spacial score (nSPS) is 10.6. The number of benzene rings is 1. The summed E-state index contributed by atoms with van der Waals surface area (Å²) < 4.78 is 1.43. The summed E-state index contributed by atoms with van der Waals surface area (Å²) in [5.41, 5.74) is 2.40.